The van der Waals surface area contributed by atoms with Crippen molar-refractivity contribution in [2.45, 2.75) is 52.2 Å². The number of hydrogen-bond acceptors (Lipinski definition) is 4. The molecule has 0 aromatic carbocycles. The third-order valence-electron chi connectivity index (χ3n) is 3.60. The second kappa shape index (κ2) is 4.07. The maximum absolute atomic E-state index is 5.90. The van der Waals surface area contributed by atoms with Crippen LogP contribution >= 0.6 is 0 Å². The van der Waals surface area contributed by atoms with Crippen molar-refractivity contribution in [3.63, 3.8) is 0 Å². The summed E-state index contributed by atoms with van der Waals surface area (Å²) in [5.74, 6) is 0. The van der Waals surface area contributed by atoms with Gasteiger partial charge in [-0.05, 0) is 46.2 Å². The van der Waals surface area contributed by atoms with Crippen molar-refractivity contribution in [1.82, 2.24) is 10.2 Å². The highest BCUT2D eigenvalue weighted by molar-refractivity contribution is 6.61. The third-order valence-corrected chi connectivity index (χ3v) is 3.60. The van der Waals surface area contributed by atoms with E-state index in [0.29, 0.717) is 0 Å². The van der Waals surface area contributed by atoms with Crippen LogP contribution in [-0.4, -0.2) is 28.5 Å². The molecule has 0 N–H and O–H groups in total. The summed E-state index contributed by atoms with van der Waals surface area (Å²) in [5.41, 5.74) is 1.05. The van der Waals surface area contributed by atoms with Gasteiger partial charge < -0.3 is 9.31 Å². The van der Waals surface area contributed by atoms with Crippen LogP contribution in [0.1, 0.15) is 40.3 Å². The Morgan fingerprint density at radius 2 is 1.65 bits per heavy atom. The smallest absolute Gasteiger partial charge is 0.398 e. The average Bonchev–Trinajstić information content (AvgIpc) is 2.48. The summed E-state index contributed by atoms with van der Waals surface area (Å²) in [6, 6.07) is 3.89. The van der Waals surface area contributed by atoms with Crippen LogP contribution < -0.4 is 5.59 Å². The largest absolute Gasteiger partial charge is 0.516 e. The van der Waals surface area contributed by atoms with Crippen molar-refractivity contribution in [3.05, 3.63) is 17.8 Å². The molecule has 1 aliphatic heterocycles. The molecule has 1 aromatic heterocycles. The van der Waals surface area contributed by atoms with Crippen LogP contribution in [-0.2, 0) is 15.7 Å². The first-order chi connectivity index (χ1) is 7.86. The normalized spacial score (nSPS) is 21.8. The van der Waals surface area contributed by atoms with E-state index in [9.17, 15) is 0 Å². The van der Waals surface area contributed by atoms with Gasteiger partial charge in [-0.2, -0.15) is 10.2 Å². The quantitative estimate of drug-likeness (QED) is 0.724. The first kappa shape index (κ1) is 12.5. The summed E-state index contributed by atoms with van der Waals surface area (Å²) in [4.78, 5) is 0. The topological polar surface area (TPSA) is 44.2 Å². The number of hydrogen-bond donors (Lipinski definition) is 0. The molecule has 0 spiro atoms. The van der Waals surface area contributed by atoms with Gasteiger partial charge in [-0.3, -0.25) is 0 Å². The fraction of sp³-hybridized carbons (Fsp3) is 0.667. The predicted molar refractivity (Wildman–Crippen MR) is 67.1 cm³/mol. The minimum Gasteiger partial charge on any atom is -0.398 e. The molecule has 92 valence electrons. The van der Waals surface area contributed by atoms with Crippen molar-refractivity contribution in [3.8, 4) is 0 Å². The maximum atomic E-state index is 5.90. The molecule has 0 amide bonds. The Morgan fingerprint density at radius 1 is 1.06 bits per heavy atom. The lowest BCUT2D eigenvalue weighted by molar-refractivity contribution is 0.00578. The van der Waals surface area contributed by atoms with Crippen molar-refractivity contribution >= 4 is 12.7 Å². The summed E-state index contributed by atoms with van der Waals surface area (Å²) >= 11 is 0. The summed E-state index contributed by atoms with van der Waals surface area (Å²) in [5, 5.41) is 8.29. The molecule has 0 bridgehead atoms. The molecule has 0 radical (unpaired) electrons. The highest BCUT2D eigenvalue weighted by atomic mass is 16.7. The lowest BCUT2D eigenvalue weighted by atomic mass is 9.84. The lowest BCUT2D eigenvalue weighted by Crippen LogP contribution is -2.41. The molecular formula is C12H19BN2O2. The van der Waals surface area contributed by atoms with Crippen LogP contribution in [0.15, 0.2) is 12.1 Å². The molecule has 0 unspecified atom stereocenters. The SMILES string of the molecule is CCc1ccc(B2OC(C)(C)C(C)(C)O2)nn1. The van der Waals surface area contributed by atoms with Crippen molar-refractivity contribution in [2.75, 3.05) is 0 Å². The fourth-order valence-electron chi connectivity index (χ4n) is 1.65. The molecule has 5 heteroatoms. The molecule has 2 heterocycles. The van der Waals surface area contributed by atoms with Crippen LogP contribution in [0.25, 0.3) is 0 Å². The molecule has 1 aromatic rings. The maximum Gasteiger partial charge on any atom is 0.516 e. The van der Waals surface area contributed by atoms with Gasteiger partial charge in [-0.1, -0.05) is 6.92 Å². The molecule has 2 rings (SSSR count). The molecule has 1 saturated heterocycles. The third kappa shape index (κ3) is 2.22. The highest BCUT2D eigenvalue weighted by Gasteiger charge is 2.52. The zero-order valence-corrected chi connectivity index (χ0v) is 11.2. The minimum absolute atomic E-state index is 0.331. The zero-order chi connectivity index (χ0) is 12.7. The van der Waals surface area contributed by atoms with E-state index >= 15 is 0 Å². The highest BCUT2D eigenvalue weighted by Crippen LogP contribution is 2.36. The molecule has 1 fully saturated rings. The predicted octanol–water partition coefficient (Wildman–Crippen LogP) is 1.34. The summed E-state index contributed by atoms with van der Waals surface area (Å²) in [6.45, 7) is 10.2. The molecule has 4 nitrogen and oxygen atoms in total. The van der Waals surface area contributed by atoms with E-state index in [-0.39, 0.29) is 11.2 Å². The minimum atomic E-state index is -0.418. The molecular weight excluding hydrogens is 215 g/mol. The van der Waals surface area contributed by atoms with Crippen LogP contribution in [0.4, 0.5) is 0 Å². The monoisotopic (exact) mass is 234 g/mol. The Hall–Kier alpha value is -0.935. The molecule has 0 saturated carbocycles. The Bertz CT molecular complexity index is 387. The van der Waals surface area contributed by atoms with Gasteiger partial charge in [0.25, 0.3) is 0 Å². The van der Waals surface area contributed by atoms with Crippen molar-refractivity contribution < 1.29 is 9.31 Å². The Kier molecular flexibility index (Phi) is 3.00. The second-order valence-electron chi connectivity index (χ2n) is 5.39. The number of nitrogens with zero attached hydrogens (tertiary/aromatic N) is 2. The van der Waals surface area contributed by atoms with E-state index in [1.54, 1.807) is 0 Å². The number of rotatable bonds is 2. The van der Waals surface area contributed by atoms with Gasteiger partial charge in [0.15, 0.2) is 0 Å². The van der Waals surface area contributed by atoms with Gasteiger partial charge in [0.2, 0.25) is 0 Å². The van der Waals surface area contributed by atoms with Gasteiger partial charge in [0, 0.05) is 0 Å². The van der Waals surface area contributed by atoms with Crippen LogP contribution in [0.5, 0.6) is 0 Å². The van der Waals surface area contributed by atoms with E-state index in [4.69, 9.17) is 9.31 Å². The van der Waals surface area contributed by atoms with Crippen LogP contribution in [0, 0.1) is 0 Å². The standard InChI is InChI=1S/C12H19BN2O2/c1-6-9-7-8-10(15-14-9)13-16-11(2,3)12(4,5)17-13/h7-8H,6H2,1-5H3. The van der Waals surface area contributed by atoms with E-state index in [0.717, 1.165) is 17.7 Å². The van der Waals surface area contributed by atoms with Crippen LogP contribution in [0.2, 0.25) is 0 Å². The van der Waals surface area contributed by atoms with Gasteiger partial charge >= 0.3 is 7.12 Å². The van der Waals surface area contributed by atoms with Crippen LogP contribution in [0.3, 0.4) is 0 Å². The molecule has 1 aliphatic rings. The number of aromatic nitrogens is 2. The van der Waals surface area contributed by atoms with Crippen molar-refractivity contribution in [2.24, 2.45) is 0 Å². The number of aryl methyl sites for hydroxylation is 1. The molecule has 17 heavy (non-hydrogen) atoms. The Morgan fingerprint density at radius 3 is 2.06 bits per heavy atom. The second-order valence-corrected chi connectivity index (χ2v) is 5.39. The summed E-state index contributed by atoms with van der Waals surface area (Å²) in [7, 11) is -0.418. The molecule has 0 aliphatic carbocycles. The average molecular weight is 234 g/mol. The Balaban J connectivity index is 2.20. The summed E-state index contributed by atoms with van der Waals surface area (Å²) < 4.78 is 11.8. The first-order valence-corrected chi connectivity index (χ1v) is 6.04. The van der Waals surface area contributed by atoms with Gasteiger partial charge in [-0.15, -0.1) is 0 Å². The van der Waals surface area contributed by atoms with E-state index < -0.39 is 7.12 Å². The van der Waals surface area contributed by atoms with Crippen molar-refractivity contribution in [1.29, 1.82) is 0 Å². The summed E-state index contributed by atoms with van der Waals surface area (Å²) in [6.07, 6.45) is 0.886. The van der Waals surface area contributed by atoms with E-state index in [1.807, 2.05) is 39.8 Å². The van der Waals surface area contributed by atoms with Gasteiger partial charge in [-0.25, -0.2) is 0 Å². The zero-order valence-electron chi connectivity index (χ0n) is 11.2. The Labute approximate surface area is 103 Å². The lowest BCUT2D eigenvalue weighted by Gasteiger charge is -2.32. The van der Waals surface area contributed by atoms with E-state index in [1.165, 1.54) is 0 Å². The fourth-order valence-corrected chi connectivity index (χ4v) is 1.65. The van der Waals surface area contributed by atoms with Gasteiger partial charge in [0.05, 0.1) is 22.5 Å². The van der Waals surface area contributed by atoms with Gasteiger partial charge in [0.1, 0.15) is 0 Å². The first-order valence-electron chi connectivity index (χ1n) is 6.04. The molecule has 0 atom stereocenters. The van der Waals surface area contributed by atoms with E-state index in [2.05, 4.69) is 17.1 Å².